The van der Waals surface area contributed by atoms with Crippen LogP contribution in [0.4, 0.5) is 0 Å². The molecule has 8 heteroatoms. The van der Waals surface area contributed by atoms with Gasteiger partial charge in [0.15, 0.2) is 11.6 Å². The number of ether oxygens (including phenoxy) is 6. The van der Waals surface area contributed by atoms with Gasteiger partial charge < -0.3 is 33.5 Å². The summed E-state index contributed by atoms with van der Waals surface area (Å²) in [5.74, 6) is -4.70. The van der Waals surface area contributed by atoms with Crippen molar-refractivity contribution in [2.75, 3.05) is 13.2 Å². The van der Waals surface area contributed by atoms with Crippen LogP contribution in [0.15, 0.2) is 0 Å². The molecule has 0 radical (unpaired) electrons. The predicted molar refractivity (Wildman–Crippen MR) is 77.6 cm³/mol. The summed E-state index contributed by atoms with van der Waals surface area (Å²) in [5.41, 5.74) is 0. The highest BCUT2D eigenvalue weighted by atomic mass is 16.8. The molecule has 24 heavy (non-hydrogen) atoms. The lowest BCUT2D eigenvalue weighted by Crippen LogP contribution is -2.51. The number of esters is 1. The third-order valence-corrected chi connectivity index (χ3v) is 5.02. The van der Waals surface area contributed by atoms with Gasteiger partial charge in [0.1, 0.15) is 30.3 Å². The number of aliphatic hydroxyl groups is 1. The first kappa shape index (κ1) is 16.7. The molecule has 0 aromatic heterocycles. The molecule has 4 heterocycles. The van der Waals surface area contributed by atoms with Crippen molar-refractivity contribution in [3.8, 4) is 0 Å². The first-order valence-electron chi connectivity index (χ1n) is 8.36. The molecule has 0 amide bonds. The summed E-state index contributed by atoms with van der Waals surface area (Å²) < 4.78 is 34.3. The van der Waals surface area contributed by atoms with Crippen molar-refractivity contribution in [1.82, 2.24) is 0 Å². The van der Waals surface area contributed by atoms with E-state index in [1.807, 2.05) is 13.8 Å². The molecular weight excluding hydrogens is 320 g/mol. The zero-order valence-electron chi connectivity index (χ0n) is 14.3. The summed E-state index contributed by atoms with van der Waals surface area (Å²) in [6, 6.07) is 0. The largest absolute Gasteiger partial charge is 0.465 e. The number of fused-ring (bicyclic) bond motifs is 1. The van der Waals surface area contributed by atoms with Gasteiger partial charge in [-0.15, -0.1) is 0 Å². The fourth-order valence-electron chi connectivity index (χ4n) is 4.02. The minimum Gasteiger partial charge on any atom is -0.465 e. The minimum atomic E-state index is -1.80. The molecule has 0 unspecified atom stereocenters. The van der Waals surface area contributed by atoms with Gasteiger partial charge in [-0.2, -0.15) is 0 Å². The second kappa shape index (κ2) is 5.12. The van der Waals surface area contributed by atoms with Crippen LogP contribution in [-0.4, -0.2) is 66.1 Å². The van der Waals surface area contributed by atoms with Crippen molar-refractivity contribution in [2.24, 2.45) is 5.92 Å². The Hall–Kier alpha value is -0.770. The molecule has 0 aliphatic carbocycles. The lowest BCUT2D eigenvalue weighted by Gasteiger charge is -2.33. The molecule has 1 N–H and O–H groups in total. The maximum Gasteiger partial charge on any atom is 0.314 e. The summed E-state index contributed by atoms with van der Waals surface area (Å²) in [6.45, 7) is 7.75. The number of hydrogen-bond acceptors (Lipinski definition) is 8. The molecule has 4 fully saturated rings. The maximum absolute atomic E-state index is 12.0. The van der Waals surface area contributed by atoms with E-state index >= 15 is 0 Å². The molecule has 4 aliphatic heterocycles. The van der Waals surface area contributed by atoms with Crippen molar-refractivity contribution in [3.63, 3.8) is 0 Å². The molecule has 8 nitrogen and oxygen atoms in total. The Kier molecular flexibility index (Phi) is 3.56. The second-order valence-corrected chi connectivity index (χ2v) is 7.73. The van der Waals surface area contributed by atoms with Gasteiger partial charge >= 0.3 is 5.97 Å². The number of carbonyl (C=O) groups is 1. The van der Waals surface area contributed by atoms with E-state index < -0.39 is 53.7 Å². The van der Waals surface area contributed by atoms with Crippen LogP contribution in [0.5, 0.6) is 0 Å². The predicted octanol–water partition coefficient (Wildman–Crippen LogP) is 0.308. The summed E-state index contributed by atoms with van der Waals surface area (Å²) >= 11 is 0. The maximum atomic E-state index is 12.0. The molecule has 0 saturated carbocycles. The van der Waals surface area contributed by atoms with Crippen LogP contribution in [0.3, 0.4) is 0 Å². The zero-order valence-corrected chi connectivity index (χ0v) is 14.3. The van der Waals surface area contributed by atoms with Gasteiger partial charge in [-0.3, -0.25) is 4.79 Å². The first-order valence-corrected chi connectivity index (χ1v) is 8.36. The van der Waals surface area contributed by atoms with Crippen molar-refractivity contribution >= 4 is 5.97 Å². The Morgan fingerprint density at radius 2 is 1.75 bits per heavy atom. The van der Waals surface area contributed by atoms with Gasteiger partial charge in [0.2, 0.25) is 5.79 Å². The fraction of sp³-hybridized carbons (Fsp3) is 0.938. The topological polar surface area (TPSA) is 92.7 Å². The average Bonchev–Trinajstić information content (AvgIpc) is 3.17. The molecule has 4 saturated heterocycles. The van der Waals surface area contributed by atoms with Crippen LogP contribution >= 0.6 is 0 Å². The third kappa shape index (κ3) is 2.48. The highest BCUT2D eigenvalue weighted by Gasteiger charge is 2.69. The van der Waals surface area contributed by atoms with Gasteiger partial charge in [-0.05, 0) is 27.7 Å². The van der Waals surface area contributed by atoms with E-state index in [1.54, 1.807) is 13.8 Å². The third-order valence-electron chi connectivity index (χ3n) is 5.02. The van der Waals surface area contributed by atoms with Crippen LogP contribution in [0.2, 0.25) is 0 Å². The second-order valence-electron chi connectivity index (χ2n) is 7.73. The molecule has 0 spiro atoms. The molecule has 4 aliphatic rings. The molecule has 0 aromatic carbocycles. The SMILES string of the molecule is CC1(C)OC[C@H]([C@H]2O[C@@](O)([C@@H]3CCOC3=O)[C@H]3OC(C)(C)O[C@@H]23)O1. The van der Waals surface area contributed by atoms with E-state index in [0.717, 1.165) is 0 Å². The van der Waals surface area contributed by atoms with Gasteiger partial charge in [-0.1, -0.05) is 0 Å². The van der Waals surface area contributed by atoms with Gasteiger partial charge in [0, 0.05) is 6.42 Å². The number of cyclic esters (lactones) is 1. The lowest BCUT2D eigenvalue weighted by molar-refractivity contribution is -0.299. The fourth-order valence-corrected chi connectivity index (χ4v) is 4.02. The van der Waals surface area contributed by atoms with E-state index in [9.17, 15) is 9.90 Å². The van der Waals surface area contributed by atoms with E-state index in [1.165, 1.54) is 0 Å². The van der Waals surface area contributed by atoms with Crippen molar-refractivity contribution < 1.29 is 38.3 Å². The molecule has 136 valence electrons. The Morgan fingerprint density at radius 1 is 1.00 bits per heavy atom. The molecule has 4 rings (SSSR count). The number of hydrogen-bond donors (Lipinski definition) is 1. The quantitative estimate of drug-likeness (QED) is 0.716. The van der Waals surface area contributed by atoms with E-state index in [0.29, 0.717) is 13.0 Å². The van der Waals surface area contributed by atoms with Gasteiger partial charge in [0.05, 0.1) is 13.2 Å². The van der Waals surface area contributed by atoms with E-state index in [2.05, 4.69) is 0 Å². The van der Waals surface area contributed by atoms with Gasteiger partial charge in [-0.25, -0.2) is 0 Å². The highest BCUT2D eigenvalue weighted by Crippen LogP contribution is 2.49. The van der Waals surface area contributed by atoms with Crippen molar-refractivity contribution in [2.45, 2.75) is 75.9 Å². The first-order chi connectivity index (χ1) is 11.1. The smallest absolute Gasteiger partial charge is 0.314 e. The molecular formula is C16H24O8. The standard InChI is InChI=1S/C16H24O8/c1-14(2)20-7-9(21-14)10-11-12(24-15(3,4)22-11)16(18,23-10)8-5-6-19-13(8)17/h8-12,18H,5-7H2,1-4H3/t8-,9-,10-,11+,12+,16+/m1/s1. The Bertz CT molecular complexity index is 546. The van der Waals surface area contributed by atoms with Gasteiger partial charge in [0.25, 0.3) is 0 Å². The normalized spacial score (nSPS) is 49.4. The Morgan fingerprint density at radius 3 is 2.33 bits per heavy atom. The number of rotatable bonds is 2. The average molecular weight is 344 g/mol. The summed E-state index contributed by atoms with van der Waals surface area (Å²) in [4.78, 5) is 12.0. The highest BCUT2D eigenvalue weighted by molar-refractivity contribution is 5.75. The minimum absolute atomic E-state index is 0.261. The molecule has 0 bridgehead atoms. The van der Waals surface area contributed by atoms with Crippen molar-refractivity contribution in [1.29, 1.82) is 0 Å². The van der Waals surface area contributed by atoms with Crippen LogP contribution in [0, 0.1) is 5.92 Å². The lowest BCUT2D eigenvalue weighted by atomic mass is 9.90. The monoisotopic (exact) mass is 344 g/mol. The van der Waals surface area contributed by atoms with E-state index in [4.69, 9.17) is 28.4 Å². The summed E-state index contributed by atoms with van der Waals surface area (Å²) in [6.07, 6.45) is -1.99. The summed E-state index contributed by atoms with van der Waals surface area (Å²) in [5, 5.41) is 11.2. The van der Waals surface area contributed by atoms with E-state index in [-0.39, 0.29) is 6.61 Å². The number of carbonyl (C=O) groups excluding carboxylic acids is 1. The molecule has 6 atom stereocenters. The Balaban J connectivity index is 1.64. The van der Waals surface area contributed by atoms with Crippen LogP contribution in [0.25, 0.3) is 0 Å². The Labute approximate surface area is 140 Å². The van der Waals surface area contributed by atoms with Crippen molar-refractivity contribution in [3.05, 3.63) is 0 Å². The zero-order chi connectivity index (χ0) is 17.3. The summed E-state index contributed by atoms with van der Waals surface area (Å²) in [7, 11) is 0. The van der Waals surface area contributed by atoms with Crippen LogP contribution < -0.4 is 0 Å². The molecule has 0 aromatic rings. The van der Waals surface area contributed by atoms with Crippen LogP contribution in [-0.2, 0) is 33.2 Å². The van der Waals surface area contributed by atoms with Crippen LogP contribution in [0.1, 0.15) is 34.1 Å².